The molecule has 2 aromatic carbocycles. The monoisotopic (exact) mass is 441 g/mol. The number of nitrogens with zero attached hydrogens (tertiary/aromatic N) is 2. The van der Waals surface area contributed by atoms with Gasteiger partial charge in [0.25, 0.3) is 11.6 Å². The molecule has 0 aliphatic carbocycles. The minimum atomic E-state index is -0.659. The van der Waals surface area contributed by atoms with E-state index in [2.05, 4.69) is 5.32 Å². The summed E-state index contributed by atoms with van der Waals surface area (Å²) in [7, 11) is 3.73. The largest absolute Gasteiger partial charge is 0.468 e. The lowest BCUT2D eigenvalue weighted by molar-refractivity contribution is -0.384. The normalized spacial score (nSPS) is 11.9. The first-order chi connectivity index (χ1) is 14.8. The molecule has 1 N–H and O–H groups in total. The number of halogens is 1. The van der Waals surface area contributed by atoms with Crippen LogP contribution in [-0.2, 0) is 0 Å². The van der Waals surface area contributed by atoms with Crippen molar-refractivity contribution in [1.29, 1.82) is 0 Å². The van der Waals surface area contributed by atoms with Crippen molar-refractivity contribution in [3.8, 4) is 0 Å². The van der Waals surface area contributed by atoms with Gasteiger partial charge in [0.2, 0.25) is 0 Å². The molecule has 0 radical (unpaired) electrons. The van der Waals surface area contributed by atoms with Crippen molar-refractivity contribution in [2.45, 2.75) is 6.04 Å². The summed E-state index contributed by atoms with van der Waals surface area (Å²) < 4.78 is 5.44. The van der Waals surface area contributed by atoms with E-state index in [9.17, 15) is 19.7 Å². The summed E-state index contributed by atoms with van der Waals surface area (Å²) in [6.45, 7) is 0.258. The van der Waals surface area contributed by atoms with Gasteiger partial charge in [0.05, 0.1) is 22.8 Å². The Morgan fingerprint density at radius 1 is 1.13 bits per heavy atom. The first-order valence-electron chi connectivity index (χ1n) is 9.35. The molecule has 0 saturated carbocycles. The van der Waals surface area contributed by atoms with Crippen LogP contribution < -0.4 is 5.32 Å². The molecule has 1 atom stereocenters. The van der Waals surface area contributed by atoms with Crippen LogP contribution in [0, 0.1) is 10.1 Å². The van der Waals surface area contributed by atoms with E-state index >= 15 is 0 Å². The maximum absolute atomic E-state index is 13.0. The topological polar surface area (TPSA) is 106 Å². The van der Waals surface area contributed by atoms with Crippen molar-refractivity contribution in [2.75, 3.05) is 20.6 Å². The molecule has 0 spiro atoms. The number of amides is 1. The minimum Gasteiger partial charge on any atom is -0.468 e. The van der Waals surface area contributed by atoms with E-state index in [0.717, 1.165) is 6.07 Å². The van der Waals surface area contributed by atoms with Crippen molar-refractivity contribution in [3.05, 3.63) is 98.4 Å². The SMILES string of the molecule is CN(C)[C@H](CNC(=O)c1ccccc1C(=O)c1ccc(Cl)c([N+](=O)[O-])c1)c1ccco1. The van der Waals surface area contributed by atoms with Crippen LogP contribution in [0.25, 0.3) is 0 Å². The first-order valence-corrected chi connectivity index (χ1v) is 9.73. The second-order valence-corrected chi connectivity index (χ2v) is 7.41. The second-order valence-electron chi connectivity index (χ2n) is 7.00. The Morgan fingerprint density at radius 2 is 1.84 bits per heavy atom. The van der Waals surface area contributed by atoms with E-state index in [0.29, 0.717) is 5.76 Å². The number of nitro benzene ring substituents is 1. The highest BCUT2D eigenvalue weighted by atomic mass is 35.5. The van der Waals surface area contributed by atoms with Crippen molar-refractivity contribution >= 4 is 29.0 Å². The van der Waals surface area contributed by atoms with Gasteiger partial charge in [-0.1, -0.05) is 29.8 Å². The molecule has 0 aliphatic heterocycles. The highest BCUT2D eigenvalue weighted by molar-refractivity contribution is 6.33. The first kappa shape index (κ1) is 22.2. The van der Waals surface area contributed by atoms with Crippen molar-refractivity contribution in [2.24, 2.45) is 0 Å². The van der Waals surface area contributed by atoms with Gasteiger partial charge in [0.1, 0.15) is 10.8 Å². The standard InChI is InChI=1S/C22H20ClN3O5/c1-25(2)19(20-8-5-11-31-20)13-24-22(28)16-7-4-3-6-15(16)21(27)14-9-10-17(23)18(12-14)26(29)30/h3-12,19H,13H2,1-2H3,(H,24,28)/t19-/m1/s1. The molecule has 0 fully saturated rings. The predicted octanol–water partition coefficient (Wildman–Crippen LogP) is 4.10. The lowest BCUT2D eigenvalue weighted by Crippen LogP contribution is -2.35. The van der Waals surface area contributed by atoms with Crippen LogP contribution in [-0.4, -0.2) is 42.2 Å². The fourth-order valence-corrected chi connectivity index (χ4v) is 3.32. The van der Waals surface area contributed by atoms with Crippen LogP contribution in [0.5, 0.6) is 0 Å². The third kappa shape index (κ3) is 4.99. The summed E-state index contributed by atoms with van der Waals surface area (Å²) in [5, 5.41) is 13.9. The molecule has 1 amide bonds. The van der Waals surface area contributed by atoms with Crippen molar-refractivity contribution < 1.29 is 18.9 Å². The highest BCUT2D eigenvalue weighted by Crippen LogP contribution is 2.27. The molecule has 9 heteroatoms. The zero-order valence-corrected chi connectivity index (χ0v) is 17.6. The summed E-state index contributed by atoms with van der Waals surface area (Å²) in [6, 6.07) is 13.5. The van der Waals surface area contributed by atoms with Crippen LogP contribution in [0.3, 0.4) is 0 Å². The Hall–Kier alpha value is -3.49. The number of furan rings is 1. The molecular formula is C22H20ClN3O5. The molecule has 0 bridgehead atoms. The number of nitro groups is 1. The number of ketones is 1. The number of carbonyl (C=O) groups excluding carboxylic acids is 2. The number of likely N-dealkylation sites (N-methyl/N-ethyl adjacent to an activating group) is 1. The van der Waals surface area contributed by atoms with Gasteiger partial charge in [-0.25, -0.2) is 0 Å². The molecule has 0 unspecified atom stereocenters. The second kappa shape index (κ2) is 9.55. The van der Waals surface area contributed by atoms with Gasteiger partial charge >= 0.3 is 0 Å². The molecule has 3 aromatic rings. The molecule has 1 heterocycles. The average molecular weight is 442 g/mol. The van der Waals surface area contributed by atoms with Crippen molar-refractivity contribution in [1.82, 2.24) is 10.2 Å². The molecule has 31 heavy (non-hydrogen) atoms. The van der Waals surface area contributed by atoms with E-state index in [-0.39, 0.29) is 40.0 Å². The molecular weight excluding hydrogens is 422 g/mol. The van der Waals surface area contributed by atoms with Gasteiger partial charge in [-0.2, -0.15) is 0 Å². The molecule has 0 saturated heterocycles. The van der Waals surface area contributed by atoms with E-state index < -0.39 is 16.6 Å². The smallest absolute Gasteiger partial charge is 0.288 e. The molecule has 160 valence electrons. The zero-order valence-electron chi connectivity index (χ0n) is 16.9. The fraction of sp³-hybridized carbons (Fsp3) is 0.182. The molecule has 3 rings (SSSR count). The predicted molar refractivity (Wildman–Crippen MR) is 115 cm³/mol. The summed E-state index contributed by atoms with van der Waals surface area (Å²) in [5.41, 5.74) is -0.00194. The summed E-state index contributed by atoms with van der Waals surface area (Å²) in [4.78, 5) is 38.3. The van der Waals surface area contributed by atoms with Crippen LogP contribution >= 0.6 is 11.6 Å². The third-order valence-electron chi connectivity index (χ3n) is 4.77. The summed E-state index contributed by atoms with van der Waals surface area (Å²) in [5.74, 6) is -0.255. The number of carbonyl (C=O) groups is 2. The lowest BCUT2D eigenvalue weighted by atomic mass is 9.97. The molecule has 1 aromatic heterocycles. The third-order valence-corrected chi connectivity index (χ3v) is 5.09. The Morgan fingerprint density at radius 3 is 2.45 bits per heavy atom. The number of rotatable bonds is 8. The molecule has 0 aliphatic rings. The Kier molecular flexibility index (Phi) is 6.84. The molecule has 8 nitrogen and oxygen atoms in total. The number of nitrogens with one attached hydrogen (secondary N) is 1. The maximum atomic E-state index is 13.0. The van der Waals surface area contributed by atoms with Crippen molar-refractivity contribution in [3.63, 3.8) is 0 Å². The quantitative estimate of drug-likeness (QED) is 0.320. The van der Waals surface area contributed by atoms with Crippen LogP contribution in [0.2, 0.25) is 5.02 Å². The highest BCUT2D eigenvalue weighted by Gasteiger charge is 2.23. The minimum absolute atomic E-state index is 0.0677. The summed E-state index contributed by atoms with van der Waals surface area (Å²) >= 11 is 5.83. The van der Waals surface area contributed by atoms with E-state index in [1.54, 1.807) is 24.5 Å². The Labute approximate surface area is 183 Å². The van der Waals surface area contributed by atoms with E-state index in [4.69, 9.17) is 16.0 Å². The Balaban J connectivity index is 1.84. The number of benzene rings is 2. The van der Waals surface area contributed by atoms with Gasteiger partial charge in [-0.15, -0.1) is 0 Å². The summed E-state index contributed by atoms with van der Waals surface area (Å²) in [6.07, 6.45) is 1.56. The van der Waals surface area contributed by atoms with Crippen LogP contribution in [0.1, 0.15) is 38.1 Å². The van der Waals surface area contributed by atoms with Gasteiger partial charge in [-0.3, -0.25) is 24.6 Å². The number of hydrogen-bond acceptors (Lipinski definition) is 6. The van der Waals surface area contributed by atoms with Gasteiger partial charge in [0, 0.05) is 23.7 Å². The fourth-order valence-electron chi connectivity index (χ4n) is 3.13. The van der Waals surface area contributed by atoms with E-state index in [1.807, 2.05) is 25.1 Å². The lowest BCUT2D eigenvalue weighted by Gasteiger charge is -2.22. The Bertz CT molecular complexity index is 1110. The number of hydrogen-bond donors (Lipinski definition) is 1. The van der Waals surface area contributed by atoms with Crippen LogP contribution in [0.15, 0.2) is 65.3 Å². The van der Waals surface area contributed by atoms with Crippen LogP contribution in [0.4, 0.5) is 5.69 Å². The van der Waals surface area contributed by atoms with Gasteiger partial charge in [0.15, 0.2) is 5.78 Å². The van der Waals surface area contributed by atoms with Gasteiger partial charge < -0.3 is 9.73 Å². The van der Waals surface area contributed by atoms with E-state index in [1.165, 1.54) is 24.3 Å². The van der Waals surface area contributed by atoms with Gasteiger partial charge in [-0.05, 0) is 44.4 Å². The zero-order chi connectivity index (χ0) is 22.5. The average Bonchev–Trinajstić information content (AvgIpc) is 3.27. The maximum Gasteiger partial charge on any atom is 0.288 e.